The average molecular weight is 371 g/mol. The molecule has 0 spiro atoms. The summed E-state index contributed by atoms with van der Waals surface area (Å²) in [6, 6.07) is 8.29. The van der Waals surface area contributed by atoms with Crippen molar-refractivity contribution in [3.05, 3.63) is 46.8 Å². The maximum atomic E-state index is 7.46. The molecule has 0 saturated carbocycles. The Morgan fingerprint density at radius 3 is 2.67 bits per heavy atom. The number of hydrogen-bond donors (Lipinski definition) is 0. The molecule has 2 heteroatoms. The third kappa shape index (κ3) is 2.12. The Labute approximate surface area is 109 Å². The van der Waals surface area contributed by atoms with Crippen molar-refractivity contribution in [2.24, 2.45) is 0 Å². The molecule has 12 heavy (non-hydrogen) atoms. The van der Waals surface area contributed by atoms with Gasteiger partial charge < -0.3 is 5.73 Å². The van der Waals surface area contributed by atoms with Crippen LogP contribution in [0, 0.1) is 44.1 Å². The Hall–Kier alpha value is 0.202. The summed E-state index contributed by atoms with van der Waals surface area (Å²) in [5.74, 6) is 0. The average Bonchev–Trinajstić information content (AvgIpc) is 2.04. The maximum Gasteiger partial charge on any atom is 0 e. The molecule has 1 aliphatic rings. The first-order valence-corrected chi connectivity index (χ1v) is 3.86. The summed E-state index contributed by atoms with van der Waals surface area (Å²) in [4.78, 5) is 0. The van der Waals surface area contributed by atoms with Gasteiger partial charge in [-0.1, -0.05) is 30.3 Å². The van der Waals surface area contributed by atoms with E-state index >= 15 is 0 Å². The van der Waals surface area contributed by atoms with Crippen LogP contribution in [-0.4, -0.2) is 0 Å². The minimum Gasteiger partial charge on any atom is -0.702 e. The first-order chi connectivity index (χ1) is 5.36. The standard InChI is InChI=1S/C10H10N.Ac/c11-10-6-5-8-3-1-2-4-9(8)7-10;/h1-4,7,11H,5-6H2;/q-1;. The Morgan fingerprint density at radius 2 is 1.83 bits per heavy atom. The molecule has 59 valence electrons. The van der Waals surface area contributed by atoms with Crippen LogP contribution in [0.15, 0.2) is 30.0 Å². The quantitative estimate of drug-likeness (QED) is 0.670. The van der Waals surface area contributed by atoms with E-state index < -0.39 is 0 Å². The summed E-state index contributed by atoms with van der Waals surface area (Å²) in [5.41, 5.74) is 10.8. The van der Waals surface area contributed by atoms with Gasteiger partial charge >= 0.3 is 0 Å². The van der Waals surface area contributed by atoms with Crippen LogP contribution in [0.25, 0.3) is 11.8 Å². The molecule has 0 bridgehead atoms. The van der Waals surface area contributed by atoms with Crippen molar-refractivity contribution >= 4 is 6.08 Å². The number of rotatable bonds is 0. The molecule has 0 saturated heterocycles. The first-order valence-electron chi connectivity index (χ1n) is 3.86. The predicted molar refractivity (Wildman–Crippen MR) is 47.1 cm³/mol. The minimum absolute atomic E-state index is 0. The molecule has 0 unspecified atom stereocenters. The van der Waals surface area contributed by atoms with Gasteiger partial charge in [0, 0.05) is 44.1 Å². The van der Waals surface area contributed by atoms with Gasteiger partial charge in [0.05, 0.1) is 0 Å². The summed E-state index contributed by atoms with van der Waals surface area (Å²) in [7, 11) is 0. The van der Waals surface area contributed by atoms with Gasteiger partial charge in [0.15, 0.2) is 0 Å². The minimum atomic E-state index is 0. The van der Waals surface area contributed by atoms with E-state index in [1.165, 1.54) is 11.1 Å². The molecule has 1 nitrogen and oxygen atoms in total. The van der Waals surface area contributed by atoms with Gasteiger partial charge in [-0.15, -0.1) is 0 Å². The van der Waals surface area contributed by atoms with Crippen molar-refractivity contribution in [1.29, 1.82) is 0 Å². The number of benzene rings is 1. The SMILES string of the molecule is [Ac].[NH-]C1=Cc2ccccc2CC1. The molecule has 1 N–H and O–H groups in total. The second-order valence-corrected chi connectivity index (χ2v) is 2.87. The van der Waals surface area contributed by atoms with E-state index in [2.05, 4.69) is 18.2 Å². The van der Waals surface area contributed by atoms with Crippen LogP contribution < -0.4 is 0 Å². The number of allylic oxidation sites excluding steroid dienone is 1. The molecule has 0 heterocycles. The molecule has 0 amide bonds. The van der Waals surface area contributed by atoms with Crippen molar-refractivity contribution in [1.82, 2.24) is 0 Å². The van der Waals surface area contributed by atoms with Gasteiger partial charge in [0.25, 0.3) is 0 Å². The van der Waals surface area contributed by atoms with Gasteiger partial charge in [0.1, 0.15) is 0 Å². The summed E-state index contributed by atoms with van der Waals surface area (Å²) in [6.07, 6.45) is 3.89. The second kappa shape index (κ2) is 4.44. The largest absolute Gasteiger partial charge is 0.702 e. The van der Waals surface area contributed by atoms with Crippen molar-refractivity contribution in [3.8, 4) is 0 Å². The summed E-state index contributed by atoms with van der Waals surface area (Å²) < 4.78 is 0. The summed E-state index contributed by atoms with van der Waals surface area (Å²) >= 11 is 0. The zero-order valence-electron chi connectivity index (χ0n) is 6.88. The van der Waals surface area contributed by atoms with Gasteiger partial charge in [-0.05, 0) is 24.0 Å². The van der Waals surface area contributed by atoms with Gasteiger partial charge in [-0.25, -0.2) is 0 Å². The molecule has 0 aliphatic heterocycles. The Kier molecular flexibility index (Phi) is 3.81. The van der Waals surface area contributed by atoms with E-state index in [1.807, 2.05) is 12.1 Å². The molecular weight excluding hydrogens is 361 g/mol. The molecule has 0 atom stereocenters. The van der Waals surface area contributed by atoms with Crippen molar-refractivity contribution in [2.75, 3.05) is 0 Å². The van der Waals surface area contributed by atoms with Crippen LogP contribution in [0.5, 0.6) is 0 Å². The topological polar surface area (TPSA) is 23.8 Å². The monoisotopic (exact) mass is 371 g/mol. The number of aryl methyl sites for hydroxylation is 1. The number of nitrogens with one attached hydrogen (secondary N) is 1. The summed E-state index contributed by atoms with van der Waals surface area (Å²) in [5, 5.41) is 0. The van der Waals surface area contributed by atoms with Crippen LogP contribution in [0.1, 0.15) is 17.5 Å². The fourth-order valence-corrected chi connectivity index (χ4v) is 1.43. The fraction of sp³-hybridized carbons (Fsp3) is 0.200. The fourth-order valence-electron chi connectivity index (χ4n) is 1.43. The molecule has 0 aromatic heterocycles. The number of hydrogen-bond acceptors (Lipinski definition) is 0. The third-order valence-electron chi connectivity index (χ3n) is 2.05. The van der Waals surface area contributed by atoms with Crippen molar-refractivity contribution in [2.45, 2.75) is 12.8 Å². The predicted octanol–water partition coefficient (Wildman–Crippen LogP) is 3.03. The Morgan fingerprint density at radius 1 is 1.08 bits per heavy atom. The summed E-state index contributed by atoms with van der Waals surface area (Å²) in [6.45, 7) is 0. The van der Waals surface area contributed by atoms with Crippen molar-refractivity contribution in [3.63, 3.8) is 0 Å². The van der Waals surface area contributed by atoms with E-state index in [0.717, 1.165) is 18.5 Å². The molecule has 1 aliphatic carbocycles. The first kappa shape index (κ1) is 10.3. The zero-order valence-corrected chi connectivity index (χ0v) is 11.6. The van der Waals surface area contributed by atoms with Crippen LogP contribution >= 0.6 is 0 Å². The van der Waals surface area contributed by atoms with E-state index in [9.17, 15) is 0 Å². The Balaban J connectivity index is 0.000000720. The zero-order chi connectivity index (χ0) is 7.68. The maximum absolute atomic E-state index is 7.46. The van der Waals surface area contributed by atoms with Gasteiger partial charge in [-0.2, -0.15) is 5.70 Å². The molecule has 1 aromatic carbocycles. The van der Waals surface area contributed by atoms with Gasteiger partial charge in [-0.3, -0.25) is 0 Å². The number of fused-ring (bicyclic) bond motifs is 1. The molecule has 1 radical (unpaired) electrons. The second-order valence-electron chi connectivity index (χ2n) is 2.87. The third-order valence-corrected chi connectivity index (χ3v) is 2.05. The molecule has 0 fully saturated rings. The van der Waals surface area contributed by atoms with E-state index in [4.69, 9.17) is 5.73 Å². The van der Waals surface area contributed by atoms with Crippen LogP contribution in [0.3, 0.4) is 0 Å². The van der Waals surface area contributed by atoms with Crippen LogP contribution in [0.4, 0.5) is 0 Å². The molecule has 1 aromatic rings. The Bertz CT molecular complexity index is 304. The normalized spacial score (nSPS) is 14.2. The molecular formula is C10H10AcN-. The van der Waals surface area contributed by atoms with E-state index in [0.29, 0.717) is 0 Å². The van der Waals surface area contributed by atoms with Crippen LogP contribution in [0.2, 0.25) is 0 Å². The van der Waals surface area contributed by atoms with E-state index in [1.54, 1.807) is 0 Å². The molecule has 2 rings (SSSR count). The van der Waals surface area contributed by atoms with Gasteiger partial charge in [0.2, 0.25) is 0 Å². The van der Waals surface area contributed by atoms with Crippen LogP contribution in [-0.2, 0) is 6.42 Å². The smallest absolute Gasteiger partial charge is 0 e. The van der Waals surface area contributed by atoms with Crippen molar-refractivity contribution < 1.29 is 44.1 Å². The van der Waals surface area contributed by atoms with E-state index in [-0.39, 0.29) is 44.1 Å².